The first kappa shape index (κ1) is 33.2. The molecule has 44 heavy (non-hydrogen) atoms. The fourth-order valence-electron chi connectivity index (χ4n) is 4.91. The van der Waals surface area contributed by atoms with E-state index in [2.05, 4.69) is 32.4 Å². The van der Waals surface area contributed by atoms with Gasteiger partial charge in [0.25, 0.3) is 0 Å². The fraction of sp³-hybridized carbons (Fsp3) is 0.433. The Balaban J connectivity index is 0.000000566. The van der Waals surface area contributed by atoms with Gasteiger partial charge in [0, 0.05) is 55.7 Å². The van der Waals surface area contributed by atoms with Crippen molar-refractivity contribution < 1.29 is 37.4 Å². The second-order valence-electron chi connectivity index (χ2n) is 10.8. The number of nitrogens with zero attached hydrogens (tertiary/aromatic N) is 4. The number of aryl methyl sites for hydroxylation is 1. The summed E-state index contributed by atoms with van der Waals surface area (Å²) < 4.78 is 37.1. The predicted molar refractivity (Wildman–Crippen MR) is 159 cm³/mol. The maximum Gasteiger partial charge on any atom is 0.490 e. The molecule has 1 amide bonds. The summed E-state index contributed by atoms with van der Waals surface area (Å²) in [5.74, 6) is -2.81. The lowest BCUT2D eigenvalue weighted by atomic mass is 10.0. The van der Waals surface area contributed by atoms with Crippen LogP contribution in [-0.2, 0) is 27.4 Å². The summed E-state index contributed by atoms with van der Waals surface area (Å²) >= 11 is 1.44. The lowest BCUT2D eigenvalue weighted by Crippen LogP contribution is -2.54. The molecule has 14 heteroatoms. The molecule has 3 aromatic rings. The number of hydrogen-bond acceptors (Lipinski definition) is 9. The van der Waals surface area contributed by atoms with Crippen molar-refractivity contribution >= 4 is 34.7 Å². The average Bonchev–Trinajstić information content (AvgIpc) is 3.67. The molecule has 2 N–H and O–H groups in total. The summed E-state index contributed by atoms with van der Waals surface area (Å²) in [6.45, 7) is 6.09. The standard InChI is InChI=1S/C28H33N5O3S.C2HF3O2/c1-19-6-4-5-7-22(19)26-31-30-25(37-26)17-24(34)20-8-9-21(18-36-3)23(16-20)29-27(35)28(10-11-28)33-14-12-32(2)13-15-33;3-2(4,5)1(6)7/h4-9,16H,10-15,17-18H2,1-3H3,(H,29,35);(H,6,7). The number of halogens is 3. The first-order valence-corrected chi connectivity index (χ1v) is 14.7. The molecule has 2 fully saturated rings. The van der Waals surface area contributed by atoms with Crippen molar-refractivity contribution in [2.24, 2.45) is 0 Å². The maximum absolute atomic E-state index is 13.5. The van der Waals surface area contributed by atoms with E-state index in [1.165, 1.54) is 11.3 Å². The van der Waals surface area contributed by atoms with Gasteiger partial charge in [-0.2, -0.15) is 13.2 Å². The molecule has 0 atom stereocenters. The molecular formula is C30H34F3N5O5S. The molecule has 2 heterocycles. The summed E-state index contributed by atoms with van der Waals surface area (Å²) in [5.41, 5.74) is 3.73. The molecule has 0 bridgehead atoms. The number of rotatable bonds is 9. The molecule has 236 valence electrons. The number of carbonyl (C=O) groups excluding carboxylic acids is 2. The van der Waals surface area contributed by atoms with Crippen molar-refractivity contribution in [2.75, 3.05) is 45.7 Å². The van der Waals surface area contributed by atoms with Crippen molar-refractivity contribution in [3.05, 3.63) is 64.2 Å². The van der Waals surface area contributed by atoms with Crippen molar-refractivity contribution in [1.29, 1.82) is 0 Å². The van der Waals surface area contributed by atoms with E-state index in [1.807, 2.05) is 37.3 Å². The number of aromatic nitrogens is 2. The number of nitrogens with one attached hydrogen (secondary N) is 1. The summed E-state index contributed by atoms with van der Waals surface area (Å²) in [5, 5.41) is 20.3. The van der Waals surface area contributed by atoms with Crippen LogP contribution in [0.3, 0.4) is 0 Å². The second-order valence-corrected chi connectivity index (χ2v) is 11.9. The van der Waals surface area contributed by atoms with Gasteiger partial charge in [0.1, 0.15) is 15.6 Å². The zero-order valence-corrected chi connectivity index (χ0v) is 25.4. The van der Waals surface area contributed by atoms with E-state index in [1.54, 1.807) is 19.2 Å². The number of carbonyl (C=O) groups is 3. The maximum atomic E-state index is 13.5. The van der Waals surface area contributed by atoms with E-state index < -0.39 is 17.7 Å². The number of anilines is 1. The lowest BCUT2D eigenvalue weighted by molar-refractivity contribution is -0.192. The SMILES string of the molecule is COCc1ccc(C(=O)Cc2nnc(-c3ccccc3C)s2)cc1NC(=O)C1(N2CCN(C)CC2)CC1.O=C(O)C(F)(F)F. The number of ether oxygens (including phenoxy) is 1. The van der Waals surface area contributed by atoms with Crippen LogP contribution in [0.5, 0.6) is 0 Å². The Labute approximate surface area is 256 Å². The van der Waals surface area contributed by atoms with Crippen molar-refractivity contribution in [3.8, 4) is 10.6 Å². The molecule has 5 rings (SSSR count). The number of amides is 1. The van der Waals surface area contributed by atoms with Crippen LogP contribution in [0.15, 0.2) is 42.5 Å². The van der Waals surface area contributed by atoms with Gasteiger partial charge in [-0.05, 0) is 38.4 Å². The minimum absolute atomic E-state index is 0.00556. The number of alkyl halides is 3. The van der Waals surface area contributed by atoms with E-state index in [0.717, 1.165) is 60.7 Å². The zero-order valence-electron chi connectivity index (χ0n) is 24.6. The Morgan fingerprint density at radius 1 is 1.07 bits per heavy atom. The predicted octanol–water partition coefficient (Wildman–Crippen LogP) is 4.44. The van der Waals surface area contributed by atoms with Gasteiger partial charge in [0.2, 0.25) is 5.91 Å². The number of hydrogen-bond donors (Lipinski definition) is 2. The number of piperazine rings is 1. The fourth-order valence-corrected chi connectivity index (χ4v) is 5.84. The number of carboxylic acid groups (broad SMARTS) is 1. The summed E-state index contributed by atoms with van der Waals surface area (Å²) in [4.78, 5) is 40.2. The minimum atomic E-state index is -5.08. The molecule has 0 unspecified atom stereocenters. The molecule has 1 saturated heterocycles. The van der Waals surface area contributed by atoms with E-state index in [9.17, 15) is 22.8 Å². The highest BCUT2D eigenvalue weighted by atomic mass is 32.1. The van der Waals surface area contributed by atoms with Crippen LogP contribution in [0.2, 0.25) is 0 Å². The molecule has 0 spiro atoms. The van der Waals surface area contributed by atoms with Gasteiger partial charge in [-0.1, -0.05) is 47.7 Å². The van der Waals surface area contributed by atoms with Gasteiger partial charge in [-0.25, -0.2) is 4.79 Å². The number of aliphatic carboxylic acids is 1. The van der Waals surface area contributed by atoms with E-state index in [0.29, 0.717) is 22.9 Å². The molecule has 1 saturated carbocycles. The smallest absolute Gasteiger partial charge is 0.475 e. The second kappa shape index (κ2) is 13.9. The number of carboxylic acids is 1. The summed E-state index contributed by atoms with van der Waals surface area (Å²) in [7, 11) is 3.74. The van der Waals surface area contributed by atoms with Crippen molar-refractivity contribution in [2.45, 2.75) is 44.5 Å². The lowest BCUT2D eigenvalue weighted by Gasteiger charge is -2.37. The third kappa shape index (κ3) is 8.05. The van der Waals surface area contributed by atoms with E-state index in [-0.39, 0.29) is 18.1 Å². The van der Waals surface area contributed by atoms with Crippen LogP contribution >= 0.6 is 11.3 Å². The third-order valence-electron chi connectivity index (χ3n) is 7.63. The van der Waals surface area contributed by atoms with Gasteiger partial charge in [0.15, 0.2) is 5.78 Å². The normalized spacial score (nSPS) is 16.5. The van der Waals surface area contributed by atoms with Crippen LogP contribution in [0, 0.1) is 6.92 Å². The van der Waals surface area contributed by atoms with Crippen LogP contribution in [0.1, 0.15) is 39.3 Å². The van der Waals surface area contributed by atoms with Gasteiger partial charge < -0.3 is 20.1 Å². The molecule has 2 aliphatic rings. The van der Waals surface area contributed by atoms with Crippen molar-refractivity contribution in [1.82, 2.24) is 20.0 Å². The first-order chi connectivity index (χ1) is 20.8. The van der Waals surface area contributed by atoms with Crippen LogP contribution in [-0.4, -0.2) is 94.8 Å². The Morgan fingerprint density at radius 3 is 2.32 bits per heavy atom. The molecule has 1 aliphatic heterocycles. The van der Waals surface area contributed by atoms with Gasteiger partial charge in [0.05, 0.1) is 13.0 Å². The topological polar surface area (TPSA) is 125 Å². The third-order valence-corrected chi connectivity index (χ3v) is 8.59. The Hall–Kier alpha value is -3.72. The van der Waals surface area contributed by atoms with Gasteiger partial charge in [-0.3, -0.25) is 14.5 Å². The molecule has 1 aliphatic carbocycles. The number of ketones is 1. The first-order valence-electron chi connectivity index (χ1n) is 13.9. The molecule has 10 nitrogen and oxygen atoms in total. The Bertz CT molecular complexity index is 1500. The molecular weight excluding hydrogens is 599 g/mol. The number of methoxy groups -OCH3 is 1. The van der Waals surface area contributed by atoms with Crippen LogP contribution in [0.25, 0.3) is 10.6 Å². The Morgan fingerprint density at radius 2 is 1.73 bits per heavy atom. The minimum Gasteiger partial charge on any atom is -0.475 e. The van der Waals surface area contributed by atoms with Crippen LogP contribution < -0.4 is 5.32 Å². The van der Waals surface area contributed by atoms with Crippen molar-refractivity contribution in [3.63, 3.8) is 0 Å². The monoisotopic (exact) mass is 633 g/mol. The van der Waals surface area contributed by atoms with E-state index in [4.69, 9.17) is 14.6 Å². The number of likely N-dealkylation sites (N-methyl/N-ethyl adjacent to an activating group) is 1. The summed E-state index contributed by atoms with van der Waals surface area (Å²) in [6.07, 6.45) is -3.20. The Kier molecular flexibility index (Phi) is 10.5. The molecule has 1 aromatic heterocycles. The summed E-state index contributed by atoms with van der Waals surface area (Å²) in [6, 6.07) is 13.4. The zero-order chi connectivity index (χ0) is 32.1. The quantitative estimate of drug-likeness (QED) is 0.329. The number of Topliss-reactive ketones (excluding diaryl/α,β-unsaturated/α-hetero) is 1. The van der Waals surface area contributed by atoms with Gasteiger partial charge in [-0.15, -0.1) is 10.2 Å². The van der Waals surface area contributed by atoms with E-state index >= 15 is 0 Å². The van der Waals surface area contributed by atoms with Crippen LogP contribution in [0.4, 0.5) is 18.9 Å². The molecule has 0 radical (unpaired) electrons. The molecule has 2 aromatic carbocycles. The average molecular weight is 634 g/mol. The van der Waals surface area contributed by atoms with Gasteiger partial charge >= 0.3 is 12.1 Å². The highest BCUT2D eigenvalue weighted by Crippen LogP contribution is 2.43. The highest BCUT2D eigenvalue weighted by Gasteiger charge is 2.54. The largest absolute Gasteiger partial charge is 0.490 e. The highest BCUT2D eigenvalue weighted by molar-refractivity contribution is 7.14. The number of benzene rings is 2.